The molecule has 1 atom stereocenters. The molecule has 21 heavy (non-hydrogen) atoms. The molecular formula is C16H18N2O3. The molecule has 0 fully saturated rings. The molecule has 0 aliphatic carbocycles. The number of aryl methyl sites for hydroxylation is 1. The molecule has 1 unspecified atom stereocenters. The van der Waals surface area contributed by atoms with E-state index in [4.69, 9.17) is 4.74 Å². The van der Waals surface area contributed by atoms with Gasteiger partial charge in [-0.3, -0.25) is 9.59 Å². The summed E-state index contributed by atoms with van der Waals surface area (Å²) >= 11 is 0. The summed E-state index contributed by atoms with van der Waals surface area (Å²) in [5, 5.41) is 2.77. The van der Waals surface area contributed by atoms with Crippen LogP contribution in [0.5, 0.6) is 5.75 Å². The molecule has 5 heteroatoms. The number of rotatable bonds is 5. The molecule has 2 N–H and O–H groups in total. The van der Waals surface area contributed by atoms with Gasteiger partial charge in [0.15, 0.2) is 0 Å². The van der Waals surface area contributed by atoms with E-state index >= 15 is 0 Å². The van der Waals surface area contributed by atoms with Gasteiger partial charge in [0.2, 0.25) is 5.56 Å². The number of aromatic nitrogens is 1. The van der Waals surface area contributed by atoms with Gasteiger partial charge in [-0.15, -0.1) is 0 Å². The van der Waals surface area contributed by atoms with E-state index in [1.807, 2.05) is 38.1 Å². The summed E-state index contributed by atoms with van der Waals surface area (Å²) in [5.41, 5.74) is 1.10. The number of pyridine rings is 1. The number of ether oxygens (including phenoxy) is 1. The predicted molar refractivity (Wildman–Crippen MR) is 80.7 cm³/mol. The van der Waals surface area contributed by atoms with E-state index in [1.165, 1.54) is 6.07 Å². The first kappa shape index (κ1) is 14.8. The number of benzene rings is 1. The third-order valence-electron chi connectivity index (χ3n) is 2.91. The van der Waals surface area contributed by atoms with Crippen molar-refractivity contribution in [3.63, 3.8) is 0 Å². The van der Waals surface area contributed by atoms with Gasteiger partial charge in [0.25, 0.3) is 5.91 Å². The van der Waals surface area contributed by atoms with Gasteiger partial charge in [0, 0.05) is 6.07 Å². The lowest BCUT2D eigenvalue weighted by molar-refractivity contribution is 0.0921. The van der Waals surface area contributed by atoms with Crippen molar-refractivity contribution in [2.75, 3.05) is 6.61 Å². The van der Waals surface area contributed by atoms with E-state index in [9.17, 15) is 9.59 Å². The van der Waals surface area contributed by atoms with E-state index in [2.05, 4.69) is 10.3 Å². The molecule has 110 valence electrons. The van der Waals surface area contributed by atoms with Gasteiger partial charge in [-0.05, 0) is 32.0 Å². The van der Waals surface area contributed by atoms with Crippen molar-refractivity contribution in [3.8, 4) is 5.75 Å². The molecule has 5 nitrogen and oxygen atoms in total. The Morgan fingerprint density at radius 3 is 2.62 bits per heavy atom. The number of H-pyrrole nitrogens is 1. The van der Waals surface area contributed by atoms with Gasteiger partial charge >= 0.3 is 0 Å². The van der Waals surface area contributed by atoms with Crippen LogP contribution in [0.15, 0.2) is 47.3 Å². The third-order valence-corrected chi connectivity index (χ3v) is 2.91. The number of aromatic amines is 1. The molecule has 0 saturated heterocycles. The Labute approximate surface area is 123 Å². The minimum Gasteiger partial charge on any atom is -0.491 e. The second kappa shape index (κ2) is 6.74. The van der Waals surface area contributed by atoms with Crippen LogP contribution in [0.25, 0.3) is 0 Å². The van der Waals surface area contributed by atoms with Crippen LogP contribution in [-0.2, 0) is 0 Å². The second-order valence-corrected chi connectivity index (χ2v) is 4.93. The number of carbonyl (C=O) groups is 1. The highest BCUT2D eigenvalue weighted by Gasteiger charge is 2.10. The van der Waals surface area contributed by atoms with E-state index < -0.39 is 0 Å². The molecule has 1 amide bonds. The standard InChI is InChI=1S/C16H18N2O3/c1-11-6-8-13(9-7-11)21-10-12(2)17-16(20)14-4-3-5-15(19)18-14/h3-9,12H,10H2,1-2H3,(H,17,20)(H,18,19). The predicted octanol–water partition coefficient (Wildman–Crippen LogP) is 1.88. The first-order valence-corrected chi connectivity index (χ1v) is 6.74. The van der Waals surface area contributed by atoms with E-state index in [-0.39, 0.29) is 23.2 Å². The minimum absolute atomic E-state index is 0.178. The number of hydrogen-bond acceptors (Lipinski definition) is 3. The zero-order chi connectivity index (χ0) is 15.2. The summed E-state index contributed by atoms with van der Waals surface area (Å²) in [5.74, 6) is 0.433. The lowest BCUT2D eigenvalue weighted by atomic mass is 10.2. The minimum atomic E-state index is -0.326. The number of hydrogen-bond donors (Lipinski definition) is 2. The molecule has 2 aromatic rings. The highest BCUT2D eigenvalue weighted by molar-refractivity contribution is 5.92. The van der Waals surface area contributed by atoms with E-state index in [1.54, 1.807) is 12.1 Å². The SMILES string of the molecule is Cc1ccc(OCC(C)NC(=O)c2cccc(=O)[nH]2)cc1. The Bertz CT molecular complexity index is 662. The Morgan fingerprint density at radius 1 is 1.24 bits per heavy atom. The van der Waals surface area contributed by atoms with Gasteiger partial charge in [-0.25, -0.2) is 0 Å². The second-order valence-electron chi connectivity index (χ2n) is 4.93. The Kier molecular flexibility index (Phi) is 4.77. The van der Waals surface area contributed by atoms with Crippen LogP contribution in [-0.4, -0.2) is 23.5 Å². The van der Waals surface area contributed by atoms with Gasteiger partial charge < -0.3 is 15.0 Å². The first-order chi connectivity index (χ1) is 10.0. The Morgan fingerprint density at radius 2 is 1.95 bits per heavy atom. The monoisotopic (exact) mass is 286 g/mol. The molecule has 2 rings (SSSR count). The van der Waals surface area contributed by atoms with Crippen molar-refractivity contribution in [3.05, 3.63) is 64.1 Å². The van der Waals surface area contributed by atoms with Crippen LogP contribution in [0.3, 0.4) is 0 Å². The van der Waals surface area contributed by atoms with Crippen LogP contribution >= 0.6 is 0 Å². The Balaban J connectivity index is 1.86. The molecule has 0 aliphatic rings. The number of amides is 1. The molecule has 1 aromatic carbocycles. The zero-order valence-corrected chi connectivity index (χ0v) is 12.1. The summed E-state index contributed by atoms with van der Waals surface area (Å²) in [7, 11) is 0. The summed E-state index contributed by atoms with van der Waals surface area (Å²) in [6.07, 6.45) is 0. The van der Waals surface area contributed by atoms with Gasteiger partial charge in [0.05, 0.1) is 6.04 Å². The van der Waals surface area contributed by atoms with Crippen LogP contribution in [0.2, 0.25) is 0 Å². The highest BCUT2D eigenvalue weighted by Crippen LogP contribution is 2.11. The molecule has 1 heterocycles. The zero-order valence-electron chi connectivity index (χ0n) is 12.1. The van der Waals surface area contributed by atoms with Crippen molar-refractivity contribution in [1.82, 2.24) is 10.3 Å². The first-order valence-electron chi connectivity index (χ1n) is 6.74. The topological polar surface area (TPSA) is 71.2 Å². The summed E-state index contributed by atoms with van der Waals surface area (Å²) < 4.78 is 5.60. The molecule has 0 bridgehead atoms. The maximum absolute atomic E-state index is 11.9. The van der Waals surface area contributed by atoms with E-state index in [0.29, 0.717) is 6.61 Å². The normalized spacial score (nSPS) is 11.7. The van der Waals surface area contributed by atoms with Crippen molar-refractivity contribution < 1.29 is 9.53 Å². The molecule has 0 spiro atoms. The quantitative estimate of drug-likeness (QED) is 0.881. The summed E-state index contributed by atoms with van der Waals surface area (Å²) in [4.78, 5) is 25.6. The van der Waals surface area contributed by atoms with Crippen molar-refractivity contribution in [1.29, 1.82) is 0 Å². The van der Waals surface area contributed by atoms with Crippen LogP contribution in [0.1, 0.15) is 23.0 Å². The number of nitrogens with one attached hydrogen (secondary N) is 2. The summed E-state index contributed by atoms with van der Waals surface area (Å²) in [6.45, 7) is 4.20. The molecule has 0 saturated carbocycles. The Hall–Kier alpha value is -2.56. The average Bonchev–Trinajstić information content (AvgIpc) is 2.46. The maximum Gasteiger partial charge on any atom is 0.268 e. The van der Waals surface area contributed by atoms with Crippen molar-refractivity contribution in [2.45, 2.75) is 19.9 Å². The van der Waals surface area contributed by atoms with Gasteiger partial charge in [-0.2, -0.15) is 0 Å². The fourth-order valence-electron chi connectivity index (χ4n) is 1.78. The highest BCUT2D eigenvalue weighted by atomic mass is 16.5. The lowest BCUT2D eigenvalue weighted by Crippen LogP contribution is -2.37. The fraction of sp³-hybridized carbons (Fsp3) is 0.250. The largest absolute Gasteiger partial charge is 0.491 e. The number of carbonyl (C=O) groups excluding carboxylic acids is 1. The van der Waals surface area contributed by atoms with Gasteiger partial charge in [0.1, 0.15) is 18.1 Å². The lowest BCUT2D eigenvalue weighted by Gasteiger charge is -2.15. The molecule has 0 radical (unpaired) electrons. The molecule has 0 aliphatic heterocycles. The van der Waals surface area contributed by atoms with Crippen LogP contribution in [0, 0.1) is 6.92 Å². The van der Waals surface area contributed by atoms with E-state index in [0.717, 1.165) is 11.3 Å². The van der Waals surface area contributed by atoms with Crippen molar-refractivity contribution >= 4 is 5.91 Å². The molecule has 1 aromatic heterocycles. The molecular weight excluding hydrogens is 268 g/mol. The smallest absolute Gasteiger partial charge is 0.268 e. The maximum atomic E-state index is 11.9. The van der Waals surface area contributed by atoms with Gasteiger partial charge in [-0.1, -0.05) is 23.8 Å². The van der Waals surface area contributed by atoms with Crippen LogP contribution < -0.4 is 15.6 Å². The average molecular weight is 286 g/mol. The van der Waals surface area contributed by atoms with Crippen LogP contribution in [0.4, 0.5) is 0 Å². The summed E-state index contributed by atoms with van der Waals surface area (Å²) in [6, 6.07) is 12.0. The van der Waals surface area contributed by atoms with Crippen molar-refractivity contribution in [2.24, 2.45) is 0 Å². The third kappa shape index (κ3) is 4.49. The fourth-order valence-corrected chi connectivity index (χ4v) is 1.78.